The number of ether oxygens (including phenoxy) is 1. The van der Waals surface area contributed by atoms with Crippen LogP contribution < -0.4 is 5.32 Å². The van der Waals surface area contributed by atoms with Crippen molar-refractivity contribution in [1.29, 1.82) is 0 Å². The van der Waals surface area contributed by atoms with Gasteiger partial charge in [0, 0.05) is 19.7 Å². The van der Waals surface area contributed by atoms with Crippen LogP contribution in [-0.4, -0.2) is 49.2 Å². The van der Waals surface area contributed by atoms with E-state index in [0.29, 0.717) is 0 Å². The number of carbonyl (C=O) groups is 1. The molecule has 1 unspecified atom stereocenters. The Kier molecular flexibility index (Phi) is 4.74. The van der Waals surface area contributed by atoms with Crippen LogP contribution in [0.5, 0.6) is 0 Å². The van der Waals surface area contributed by atoms with Gasteiger partial charge in [-0.2, -0.15) is 0 Å². The Balaban J connectivity index is 2.56. The topological polar surface area (TPSA) is 41.6 Å². The monoisotopic (exact) mass is 228 g/mol. The Labute approximate surface area is 98.3 Å². The van der Waals surface area contributed by atoms with Crippen molar-refractivity contribution >= 4 is 5.91 Å². The van der Waals surface area contributed by atoms with Crippen LogP contribution in [0.4, 0.5) is 0 Å². The molecule has 0 aromatic carbocycles. The van der Waals surface area contributed by atoms with Crippen LogP contribution in [0.15, 0.2) is 0 Å². The van der Waals surface area contributed by atoms with Crippen molar-refractivity contribution in [3.05, 3.63) is 0 Å². The van der Waals surface area contributed by atoms with Gasteiger partial charge in [0.05, 0.1) is 11.6 Å². The lowest BCUT2D eigenvalue weighted by molar-refractivity contribution is -0.141. The molecule has 16 heavy (non-hydrogen) atoms. The predicted octanol–water partition coefficient (Wildman–Crippen LogP) is 1.01. The second-order valence-corrected chi connectivity index (χ2v) is 4.85. The van der Waals surface area contributed by atoms with Gasteiger partial charge in [0.25, 0.3) is 0 Å². The Morgan fingerprint density at radius 2 is 2.25 bits per heavy atom. The predicted molar refractivity (Wildman–Crippen MR) is 64.4 cm³/mol. The molecule has 0 bridgehead atoms. The molecule has 1 aliphatic heterocycles. The lowest BCUT2D eigenvalue weighted by atomic mass is 10.0. The fraction of sp³-hybridized carbons (Fsp3) is 0.917. The number of hydrogen-bond acceptors (Lipinski definition) is 3. The van der Waals surface area contributed by atoms with Crippen molar-refractivity contribution < 1.29 is 9.53 Å². The zero-order valence-corrected chi connectivity index (χ0v) is 10.9. The van der Waals surface area contributed by atoms with E-state index in [9.17, 15) is 4.79 Å². The number of likely N-dealkylation sites (N-methyl/N-ethyl adjacent to an activating group) is 1. The second kappa shape index (κ2) is 5.64. The maximum Gasteiger partial charge on any atom is 0.242 e. The van der Waals surface area contributed by atoms with Gasteiger partial charge >= 0.3 is 0 Å². The number of rotatable bonds is 4. The average molecular weight is 228 g/mol. The summed E-state index contributed by atoms with van der Waals surface area (Å²) in [6.07, 6.45) is 2.32. The molecule has 1 aliphatic rings. The number of piperidine rings is 1. The summed E-state index contributed by atoms with van der Waals surface area (Å²) in [4.78, 5) is 14.1. The summed E-state index contributed by atoms with van der Waals surface area (Å²) < 4.78 is 5.60. The molecular weight excluding hydrogens is 204 g/mol. The summed E-state index contributed by atoms with van der Waals surface area (Å²) in [7, 11) is 1.82. The van der Waals surface area contributed by atoms with Crippen LogP contribution in [0.3, 0.4) is 0 Å². The molecule has 0 saturated carbocycles. The van der Waals surface area contributed by atoms with Crippen LogP contribution in [0.25, 0.3) is 0 Å². The van der Waals surface area contributed by atoms with Crippen molar-refractivity contribution in [2.45, 2.75) is 45.3 Å². The van der Waals surface area contributed by atoms with Gasteiger partial charge in [-0.1, -0.05) is 0 Å². The van der Waals surface area contributed by atoms with Crippen molar-refractivity contribution in [3.8, 4) is 0 Å². The van der Waals surface area contributed by atoms with Crippen LogP contribution in [0.2, 0.25) is 0 Å². The minimum Gasteiger partial charge on any atom is -0.377 e. The molecule has 0 aromatic rings. The van der Waals surface area contributed by atoms with Gasteiger partial charge in [0.2, 0.25) is 5.91 Å². The standard InChI is InChI=1S/C12H24N2O2/c1-5-16-10-7-6-8-14(9-10)11(15)12(2,3)13-4/h10,13H,5-9H2,1-4H3. The lowest BCUT2D eigenvalue weighted by Crippen LogP contribution is -2.56. The lowest BCUT2D eigenvalue weighted by Gasteiger charge is -2.37. The fourth-order valence-electron chi connectivity index (χ4n) is 2.00. The number of nitrogens with one attached hydrogen (secondary N) is 1. The Morgan fingerprint density at radius 3 is 2.81 bits per heavy atom. The Hall–Kier alpha value is -0.610. The SMILES string of the molecule is CCOC1CCCN(C(=O)C(C)(C)NC)C1. The molecule has 1 saturated heterocycles. The van der Waals surface area contributed by atoms with Crippen LogP contribution in [0, 0.1) is 0 Å². The number of hydrogen-bond donors (Lipinski definition) is 1. The van der Waals surface area contributed by atoms with E-state index in [-0.39, 0.29) is 12.0 Å². The maximum absolute atomic E-state index is 12.2. The number of carbonyl (C=O) groups excluding carboxylic acids is 1. The molecular formula is C12H24N2O2. The molecule has 1 N–H and O–H groups in total. The van der Waals surface area contributed by atoms with E-state index in [1.165, 1.54) is 0 Å². The highest BCUT2D eigenvalue weighted by atomic mass is 16.5. The fourth-order valence-corrected chi connectivity index (χ4v) is 2.00. The quantitative estimate of drug-likeness (QED) is 0.781. The van der Waals surface area contributed by atoms with E-state index in [0.717, 1.165) is 32.5 Å². The molecule has 1 amide bonds. The summed E-state index contributed by atoms with van der Waals surface area (Å²) in [5.41, 5.74) is -0.478. The minimum absolute atomic E-state index is 0.166. The Bertz CT molecular complexity index is 239. The zero-order chi connectivity index (χ0) is 12.2. The molecule has 1 rings (SSSR count). The molecule has 0 aromatic heterocycles. The van der Waals surface area contributed by atoms with Gasteiger partial charge in [0.15, 0.2) is 0 Å². The van der Waals surface area contributed by atoms with Gasteiger partial charge in [-0.25, -0.2) is 0 Å². The largest absolute Gasteiger partial charge is 0.377 e. The molecule has 4 heteroatoms. The van der Waals surface area contributed by atoms with Gasteiger partial charge in [-0.3, -0.25) is 4.79 Å². The minimum atomic E-state index is -0.478. The summed E-state index contributed by atoms with van der Waals surface area (Å²) in [5, 5.41) is 3.05. The van der Waals surface area contributed by atoms with Crippen LogP contribution >= 0.6 is 0 Å². The molecule has 4 nitrogen and oxygen atoms in total. The molecule has 1 atom stereocenters. The van der Waals surface area contributed by atoms with E-state index in [1.54, 1.807) is 0 Å². The van der Waals surface area contributed by atoms with Crippen molar-refractivity contribution in [2.24, 2.45) is 0 Å². The van der Waals surface area contributed by atoms with Gasteiger partial charge < -0.3 is 15.0 Å². The summed E-state index contributed by atoms with van der Waals surface area (Å²) >= 11 is 0. The normalized spacial score (nSPS) is 22.2. The number of amides is 1. The summed E-state index contributed by atoms with van der Waals surface area (Å²) in [6, 6.07) is 0. The van der Waals surface area contributed by atoms with Crippen LogP contribution in [-0.2, 0) is 9.53 Å². The highest BCUT2D eigenvalue weighted by Crippen LogP contribution is 2.17. The van der Waals surface area contributed by atoms with E-state index >= 15 is 0 Å². The van der Waals surface area contributed by atoms with E-state index in [4.69, 9.17) is 4.74 Å². The molecule has 0 aliphatic carbocycles. The zero-order valence-electron chi connectivity index (χ0n) is 10.9. The third kappa shape index (κ3) is 3.19. The highest BCUT2D eigenvalue weighted by Gasteiger charge is 2.33. The molecule has 1 heterocycles. The summed E-state index contributed by atoms with van der Waals surface area (Å²) in [5.74, 6) is 0.166. The Morgan fingerprint density at radius 1 is 1.56 bits per heavy atom. The van der Waals surface area contributed by atoms with Crippen LogP contribution in [0.1, 0.15) is 33.6 Å². The third-order valence-corrected chi connectivity index (χ3v) is 3.23. The third-order valence-electron chi connectivity index (χ3n) is 3.23. The van der Waals surface area contributed by atoms with Crippen molar-refractivity contribution in [2.75, 3.05) is 26.7 Å². The molecule has 1 fully saturated rings. The molecule has 94 valence electrons. The second-order valence-electron chi connectivity index (χ2n) is 4.85. The maximum atomic E-state index is 12.2. The van der Waals surface area contributed by atoms with Gasteiger partial charge in [-0.15, -0.1) is 0 Å². The first-order chi connectivity index (χ1) is 7.51. The first-order valence-electron chi connectivity index (χ1n) is 6.11. The number of likely N-dealkylation sites (tertiary alicyclic amines) is 1. The number of nitrogens with zero attached hydrogens (tertiary/aromatic N) is 1. The first-order valence-corrected chi connectivity index (χ1v) is 6.11. The van der Waals surface area contributed by atoms with Gasteiger partial charge in [-0.05, 0) is 40.7 Å². The highest BCUT2D eigenvalue weighted by molar-refractivity contribution is 5.85. The van der Waals surface area contributed by atoms with E-state index < -0.39 is 5.54 Å². The van der Waals surface area contributed by atoms with E-state index in [2.05, 4.69) is 5.32 Å². The first kappa shape index (κ1) is 13.5. The van der Waals surface area contributed by atoms with Gasteiger partial charge in [0.1, 0.15) is 0 Å². The average Bonchev–Trinajstić information content (AvgIpc) is 2.29. The van der Waals surface area contributed by atoms with Crippen molar-refractivity contribution in [1.82, 2.24) is 10.2 Å². The van der Waals surface area contributed by atoms with E-state index in [1.807, 2.05) is 32.7 Å². The smallest absolute Gasteiger partial charge is 0.242 e. The summed E-state index contributed by atoms with van der Waals surface area (Å²) in [6.45, 7) is 8.14. The van der Waals surface area contributed by atoms with Crippen molar-refractivity contribution in [3.63, 3.8) is 0 Å². The molecule has 0 spiro atoms. The molecule has 0 radical (unpaired) electrons.